The highest BCUT2D eigenvalue weighted by atomic mass is 16.5. The Bertz CT molecular complexity index is 1100. The van der Waals surface area contributed by atoms with Crippen LogP contribution in [0, 0.1) is 6.92 Å². The molecule has 1 atom stereocenters. The maximum absolute atomic E-state index is 13.2. The first kappa shape index (κ1) is 20.6. The third kappa shape index (κ3) is 4.58. The summed E-state index contributed by atoms with van der Waals surface area (Å²) in [5.74, 6) is 0.717. The Hall–Kier alpha value is -3.67. The lowest BCUT2D eigenvalue weighted by molar-refractivity contribution is -0.120. The van der Waals surface area contributed by atoms with Crippen molar-refractivity contribution >= 4 is 17.5 Å². The maximum atomic E-state index is 13.2. The molecule has 31 heavy (non-hydrogen) atoms. The largest absolute Gasteiger partial charge is 0.436 e. The van der Waals surface area contributed by atoms with Crippen LogP contribution in [0.3, 0.4) is 0 Å². The number of aryl methyl sites for hydroxylation is 1. The molecule has 0 saturated carbocycles. The van der Waals surface area contributed by atoms with Gasteiger partial charge < -0.3 is 15.0 Å². The van der Waals surface area contributed by atoms with Crippen LogP contribution < -0.4 is 15.0 Å². The maximum Gasteiger partial charge on any atom is 0.263 e. The van der Waals surface area contributed by atoms with Crippen molar-refractivity contribution in [3.05, 3.63) is 83.6 Å². The van der Waals surface area contributed by atoms with Gasteiger partial charge in [0, 0.05) is 25.7 Å². The van der Waals surface area contributed by atoms with Gasteiger partial charge in [0.25, 0.3) is 5.91 Å². The molecule has 6 heteroatoms. The number of carbonyl (C=O) groups is 2. The van der Waals surface area contributed by atoms with Crippen molar-refractivity contribution in [1.29, 1.82) is 0 Å². The molecule has 1 aliphatic rings. The van der Waals surface area contributed by atoms with E-state index >= 15 is 0 Å². The van der Waals surface area contributed by atoms with Crippen molar-refractivity contribution in [2.45, 2.75) is 26.2 Å². The molecule has 0 unspecified atom stereocenters. The van der Waals surface area contributed by atoms with Crippen molar-refractivity contribution in [2.75, 3.05) is 18.0 Å². The van der Waals surface area contributed by atoms with E-state index in [9.17, 15) is 9.59 Å². The van der Waals surface area contributed by atoms with E-state index in [0.29, 0.717) is 23.5 Å². The van der Waals surface area contributed by atoms with Crippen LogP contribution in [0.15, 0.2) is 66.9 Å². The summed E-state index contributed by atoms with van der Waals surface area (Å²) in [7, 11) is 0. The smallest absolute Gasteiger partial charge is 0.263 e. The lowest BCUT2D eigenvalue weighted by atomic mass is 10.0. The Morgan fingerprint density at radius 3 is 2.74 bits per heavy atom. The number of anilines is 1. The molecule has 2 heterocycles. The zero-order valence-electron chi connectivity index (χ0n) is 17.7. The van der Waals surface area contributed by atoms with E-state index in [1.54, 1.807) is 23.2 Å². The van der Waals surface area contributed by atoms with Crippen molar-refractivity contribution in [3.63, 3.8) is 0 Å². The molecular weight excluding hydrogens is 390 g/mol. The van der Waals surface area contributed by atoms with Gasteiger partial charge >= 0.3 is 0 Å². The second-order valence-corrected chi connectivity index (χ2v) is 7.75. The molecule has 3 aromatic rings. The van der Waals surface area contributed by atoms with Gasteiger partial charge in [0.05, 0.1) is 5.69 Å². The van der Waals surface area contributed by atoms with Gasteiger partial charge in [-0.15, -0.1) is 0 Å². The number of fused-ring (bicyclic) bond motifs is 2. The van der Waals surface area contributed by atoms with Crippen molar-refractivity contribution in [3.8, 4) is 11.6 Å². The molecule has 1 aromatic heterocycles. The number of hydrogen-bond donors (Lipinski definition) is 1. The van der Waals surface area contributed by atoms with Crippen molar-refractivity contribution in [2.24, 2.45) is 0 Å². The van der Waals surface area contributed by atoms with E-state index < -0.39 is 0 Å². The minimum absolute atomic E-state index is 0.0960. The summed E-state index contributed by atoms with van der Waals surface area (Å²) < 4.78 is 5.92. The van der Waals surface area contributed by atoms with E-state index in [2.05, 4.69) is 29.4 Å². The zero-order chi connectivity index (χ0) is 21.8. The Balaban J connectivity index is 1.47. The SMILES string of the molecule is Cc1ccc2c(c1)N(CCC(=O)NC[C@@H](C)c1ccccc1)C(=O)c1cccnc1O2. The van der Waals surface area contributed by atoms with Gasteiger partial charge in [0.2, 0.25) is 11.8 Å². The van der Waals surface area contributed by atoms with E-state index in [1.165, 1.54) is 5.56 Å². The fraction of sp³-hybridized carbons (Fsp3) is 0.240. The molecule has 0 aliphatic carbocycles. The van der Waals surface area contributed by atoms with Crippen molar-refractivity contribution < 1.29 is 14.3 Å². The van der Waals surface area contributed by atoms with Crippen LogP contribution in [0.5, 0.6) is 11.6 Å². The molecule has 6 nitrogen and oxygen atoms in total. The molecule has 2 amide bonds. The summed E-state index contributed by atoms with van der Waals surface area (Å²) in [6, 6.07) is 19.1. The standard InChI is InChI=1S/C25H25N3O3/c1-17-10-11-22-21(15-17)28(25(30)20-9-6-13-26-24(20)31-22)14-12-23(29)27-16-18(2)19-7-4-3-5-8-19/h3-11,13,15,18H,12,14,16H2,1-2H3,(H,27,29)/t18-/m1/s1. The topological polar surface area (TPSA) is 71.5 Å². The van der Waals surface area contributed by atoms with E-state index in [1.807, 2.05) is 43.3 Å². The number of rotatable bonds is 6. The van der Waals surface area contributed by atoms with Crippen LogP contribution in [0.4, 0.5) is 5.69 Å². The highest BCUT2D eigenvalue weighted by molar-refractivity contribution is 6.09. The first-order valence-electron chi connectivity index (χ1n) is 10.4. The quantitative estimate of drug-likeness (QED) is 0.646. The van der Waals surface area contributed by atoms with Gasteiger partial charge in [-0.25, -0.2) is 4.98 Å². The monoisotopic (exact) mass is 415 g/mol. The summed E-state index contributed by atoms with van der Waals surface area (Å²) in [6.07, 6.45) is 1.78. The van der Waals surface area contributed by atoms with Gasteiger partial charge in [0.15, 0.2) is 5.75 Å². The van der Waals surface area contributed by atoms with Crippen LogP contribution >= 0.6 is 0 Å². The number of carbonyl (C=O) groups excluding carboxylic acids is 2. The lowest BCUT2D eigenvalue weighted by Gasteiger charge is -2.22. The molecule has 0 saturated heterocycles. The van der Waals surface area contributed by atoms with Gasteiger partial charge in [0.1, 0.15) is 5.56 Å². The number of hydrogen-bond acceptors (Lipinski definition) is 4. The van der Waals surface area contributed by atoms with E-state index in [-0.39, 0.29) is 36.6 Å². The average Bonchev–Trinajstić information content (AvgIpc) is 2.90. The number of benzene rings is 2. The van der Waals surface area contributed by atoms with Crippen LogP contribution in [-0.4, -0.2) is 29.9 Å². The van der Waals surface area contributed by atoms with Gasteiger partial charge in [-0.05, 0) is 48.2 Å². The molecule has 1 aliphatic heterocycles. The fourth-order valence-corrected chi connectivity index (χ4v) is 3.61. The predicted octanol–water partition coefficient (Wildman–Crippen LogP) is 4.45. The van der Waals surface area contributed by atoms with E-state index in [4.69, 9.17) is 4.74 Å². The minimum Gasteiger partial charge on any atom is -0.436 e. The highest BCUT2D eigenvalue weighted by Crippen LogP contribution is 2.38. The Morgan fingerprint density at radius 1 is 1.13 bits per heavy atom. The summed E-state index contributed by atoms with van der Waals surface area (Å²) >= 11 is 0. The normalized spacial score (nSPS) is 13.5. The number of ether oxygens (including phenoxy) is 1. The van der Waals surface area contributed by atoms with Gasteiger partial charge in [-0.3, -0.25) is 9.59 Å². The molecule has 2 aromatic carbocycles. The van der Waals surface area contributed by atoms with Crippen LogP contribution in [0.1, 0.15) is 40.7 Å². The fourth-order valence-electron chi connectivity index (χ4n) is 3.61. The molecule has 158 valence electrons. The van der Waals surface area contributed by atoms with Crippen molar-refractivity contribution in [1.82, 2.24) is 10.3 Å². The zero-order valence-corrected chi connectivity index (χ0v) is 17.7. The van der Waals surface area contributed by atoms with Crippen LogP contribution in [-0.2, 0) is 4.79 Å². The first-order valence-corrected chi connectivity index (χ1v) is 10.4. The summed E-state index contributed by atoms with van der Waals surface area (Å²) in [6.45, 7) is 4.83. The molecule has 1 N–H and O–H groups in total. The van der Waals surface area contributed by atoms with Crippen LogP contribution in [0.2, 0.25) is 0 Å². The Morgan fingerprint density at radius 2 is 1.94 bits per heavy atom. The lowest BCUT2D eigenvalue weighted by Crippen LogP contribution is -2.35. The number of amides is 2. The van der Waals surface area contributed by atoms with Gasteiger partial charge in [-0.1, -0.05) is 43.3 Å². The molecule has 0 fully saturated rings. The minimum atomic E-state index is -0.224. The molecule has 0 spiro atoms. The second kappa shape index (κ2) is 9.00. The molecule has 4 rings (SSSR count). The number of nitrogens with one attached hydrogen (secondary N) is 1. The highest BCUT2D eigenvalue weighted by Gasteiger charge is 2.29. The summed E-state index contributed by atoms with van der Waals surface area (Å²) in [4.78, 5) is 31.6. The summed E-state index contributed by atoms with van der Waals surface area (Å²) in [5, 5.41) is 2.98. The Labute approximate surface area is 181 Å². The Kier molecular flexibility index (Phi) is 5.98. The third-order valence-corrected chi connectivity index (χ3v) is 5.40. The molecule has 0 bridgehead atoms. The number of aromatic nitrogens is 1. The van der Waals surface area contributed by atoms with Gasteiger partial charge in [-0.2, -0.15) is 0 Å². The van der Waals surface area contributed by atoms with Crippen LogP contribution in [0.25, 0.3) is 0 Å². The number of nitrogens with zero attached hydrogens (tertiary/aromatic N) is 2. The van der Waals surface area contributed by atoms with E-state index in [0.717, 1.165) is 5.56 Å². The third-order valence-electron chi connectivity index (χ3n) is 5.40. The number of pyridine rings is 1. The predicted molar refractivity (Wildman–Crippen MR) is 120 cm³/mol. The molecular formula is C25H25N3O3. The average molecular weight is 415 g/mol. The first-order chi connectivity index (χ1) is 15.0. The summed E-state index contributed by atoms with van der Waals surface area (Å²) in [5.41, 5.74) is 3.21. The second-order valence-electron chi connectivity index (χ2n) is 7.75. The molecule has 0 radical (unpaired) electrons.